The molecule has 0 radical (unpaired) electrons. The molecule has 0 fully saturated rings. The van der Waals surface area contributed by atoms with E-state index >= 15 is 0 Å². The molecule has 0 unspecified atom stereocenters. The Labute approximate surface area is 201 Å². The van der Waals surface area contributed by atoms with E-state index in [9.17, 15) is 9.59 Å². The average molecular weight is 469 g/mol. The van der Waals surface area contributed by atoms with Gasteiger partial charge in [-0.2, -0.15) is 4.98 Å². The number of rotatable bonds is 7. The lowest BCUT2D eigenvalue weighted by atomic mass is 10.1. The Kier molecular flexibility index (Phi) is 6.01. The van der Waals surface area contributed by atoms with Crippen molar-refractivity contribution in [2.75, 3.05) is 6.61 Å². The van der Waals surface area contributed by atoms with Crippen LogP contribution >= 0.6 is 0 Å². The molecule has 0 aliphatic rings. The molecule has 5 rings (SSSR count). The summed E-state index contributed by atoms with van der Waals surface area (Å²) < 4.78 is 13.6. The van der Waals surface area contributed by atoms with Crippen LogP contribution in [0.5, 0.6) is 5.75 Å². The molecule has 0 N–H and O–H groups in total. The minimum absolute atomic E-state index is 0.0245. The fourth-order valence-corrected chi connectivity index (χ4v) is 4.02. The number of aryl methyl sites for hydroxylation is 1. The Morgan fingerprint density at radius 3 is 2.37 bits per heavy atom. The second-order valence-electron chi connectivity index (χ2n) is 8.02. The third-order valence-corrected chi connectivity index (χ3v) is 5.84. The molecular weight excluding hydrogens is 444 g/mol. The van der Waals surface area contributed by atoms with Crippen LogP contribution in [0.4, 0.5) is 0 Å². The first-order chi connectivity index (χ1) is 17.1. The number of nitrogens with zero attached hydrogens (tertiary/aromatic N) is 4. The molecule has 0 saturated carbocycles. The van der Waals surface area contributed by atoms with Gasteiger partial charge in [0.25, 0.3) is 5.56 Å². The Morgan fingerprint density at radius 2 is 1.66 bits per heavy atom. The van der Waals surface area contributed by atoms with Crippen LogP contribution in [0.15, 0.2) is 86.9 Å². The van der Waals surface area contributed by atoms with Crippen LogP contribution in [0, 0.1) is 0 Å². The zero-order valence-electron chi connectivity index (χ0n) is 19.5. The molecule has 8 heteroatoms. The van der Waals surface area contributed by atoms with Gasteiger partial charge in [0, 0.05) is 5.56 Å². The van der Waals surface area contributed by atoms with Gasteiger partial charge in [-0.3, -0.25) is 9.36 Å². The van der Waals surface area contributed by atoms with E-state index in [1.54, 1.807) is 36.4 Å². The van der Waals surface area contributed by atoms with Crippen LogP contribution in [0.1, 0.15) is 25.3 Å². The summed E-state index contributed by atoms with van der Waals surface area (Å²) in [6.07, 6.45) is 0.866. The summed E-state index contributed by atoms with van der Waals surface area (Å²) in [5.74, 6) is 1.42. The average Bonchev–Trinajstić information content (AvgIpc) is 3.36. The fraction of sp³-hybridized carbons (Fsp3) is 0.185. The normalized spacial score (nSPS) is 11.1. The third kappa shape index (κ3) is 4.26. The van der Waals surface area contributed by atoms with Crippen molar-refractivity contribution in [1.29, 1.82) is 0 Å². The Hall–Kier alpha value is -4.46. The van der Waals surface area contributed by atoms with E-state index in [1.165, 1.54) is 9.13 Å². The summed E-state index contributed by atoms with van der Waals surface area (Å²) in [7, 11) is 0. The molecule has 0 bridgehead atoms. The molecule has 35 heavy (non-hydrogen) atoms. The minimum Gasteiger partial charge on any atom is -0.494 e. The number of ether oxygens (including phenoxy) is 1. The van der Waals surface area contributed by atoms with Gasteiger partial charge < -0.3 is 9.26 Å². The number of aromatic nitrogens is 4. The zero-order valence-corrected chi connectivity index (χ0v) is 19.5. The fourth-order valence-electron chi connectivity index (χ4n) is 4.02. The quantitative estimate of drug-likeness (QED) is 0.355. The second kappa shape index (κ2) is 9.42. The van der Waals surface area contributed by atoms with E-state index in [0.717, 1.165) is 23.3 Å². The molecule has 2 aromatic heterocycles. The van der Waals surface area contributed by atoms with E-state index < -0.39 is 5.69 Å². The molecule has 0 aliphatic carbocycles. The maximum atomic E-state index is 13.6. The van der Waals surface area contributed by atoms with Crippen LogP contribution in [-0.2, 0) is 13.0 Å². The van der Waals surface area contributed by atoms with Crippen molar-refractivity contribution in [3.05, 3.63) is 105 Å². The topological polar surface area (TPSA) is 92.2 Å². The lowest BCUT2D eigenvalue weighted by molar-refractivity contribution is 0.340. The minimum atomic E-state index is -0.473. The lowest BCUT2D eigenvalue weighted by Gasteiger charge is -2.13. The number of benzene rings is 3. The van der Waals surface area contributed by atoms with Gasteiger partial charge in [-0.15, -0.1) is 0 Å². The Morgan fingerprint density at radius 1 is 0.914 bits per heavy atom. The zero-order chi connectivity index (χ0) is 24.4. The van der Waals surface area contributed by atoms with E-state index in [1.807, 2.05) is 43.3 Å². The van der Waals surface area contributed by atoms with Crippen LogP contribution < -0.4 is 16.0 Å². The molecule has 0 spiro atoms. The molecule has 2 heterocycles. The molecular formula is C27H24N4O4. The highest BCUT2D eigenvalue weighted by molar-refractivity contribution is 5.78. The highest BCUT2D eigenvalue weighted by atomic mass is 16.5. The largest absolute Gasteiger partial charge is 0.494 e. The van der Waals surface area contributed by atoms with Gasteiger partial charge >= 0.3 is 5.69 Å². The maximum absolute atomic E-state index is 13.6. The van der Waals surface area contributed by atoms with Crippen LogP contribution in [-0.4, -0.2) is 25.9 Å². The summed E-state index contributed by atoms with van der Waals surface area (Å²) in [4.78, 5) is 31.3. The van der Waals surface area contributed by atoms with Crippen molar-refractivity contribution in [3.8, 4) is 22.8 Å². The van der Waals surface area contributed by atoms with Crippen molar-refractivity contribution >= 4 is 10.9 Å². The second-order valence-corrected chi connectivity index (χ2v) is 8.02. The van der Waals surface area contributed by atoms with Crippen LogP contribution in [0.2, 0.25) is 0 Å². The third-order valence-electron chi connectivity index (χ3n) is 5.84. The molecule has 3 aromatic carbocycles. The van der Waals surface area contributed by atoms with E-state index in [-0.39, 0.29) is 18.0 Å². The van der Waals surface area contributed by atoms with Gasteiger partial charge in [0.05, 0.1) is 23.2 Å². The summed E-state index contributed by atoms with van der Waals surface area (Å²) in [5, 5.41) is 4.50. The molecule has 176 valence electrons. The van der Waals surface area contributed by atoms with Crippen LogP contribution in [0.3, 0.4) is 0 Å². The predicted molar refractivity (Wildman–Crippen MR) is 133 cm³/mol. The molecule has 0 atom stereocenters. The predicted octanol–water partition coefficient (Wildman–Crippen LogP) is 4.21. The highest BCUT2D eigenvalue weighted by Crippen LogP contribution is 2.20. The Bertz CT molecular complexity index is 1600. The first kappa shape index (κ1) is 22.3. The van der Waals surface area contributed by atoms with Crippen molar-refractivity contribution in [3.63, 3.8) is 0 Å². The number of fused-ring (bicyclic) bond motifs is 1. The summed E-state index contributed by atoms with van der Waals surface area (Å²) in [6, 6.07) is 21.8. The monoisotopic (exact) mass is 468 g/mol. The SMILES string of the molecule is CCOc1ccc(-c2noc(Cn3c(=O)n(-c4ccc(CC)cc4)c(=O)c4ccccc43)n2)cc1. The number of hydrogen-bond acceptors (Lipinski definition) is 6. The van der Waals surface area contributed by atoms with Gasteiger partial charge in [0.2, 0.25) is 11.7 Å². The summed E-state index contributed by atoms with van der Waals surface area (Å²) in [6.45, 7) is 4.58. The number of para-hydroxylation sites is 1. The van der Waals surface area contributed by atoms with Crippen molar-refractivity contribution < 1.29 is 9.26 Å². The standard InChI is InChI=1S/C27H24N4O4/c1-3-18-9-13-20(14-10-18)31-26(32)22-7-5-6-8-23(22)30(27(31)33)17-24-28-25(29-35-24)19-11-15-21(16-12-19)34-4-2/h5-16H,3-4,17H2,1-2H3. The molecule has 8 nitrogen and oxygen atoms in total. The smallest absolute Gasteiger partial charge is 0.336 e. The van der Waals surface area contributed by atoms with E-state index in [2.05, 4.69) is 17.1 Å². The number of hydrogen-bond donors (Lipinski definition) is 0. The van der Waals surface area contributed by atoms with Gasteiger partial charge in [-0.05, 0) is 67.4 Å². The highest BCUT2D eigenvalue weighted by Gasteiger charge is 2.17. The first-order valence-electron chi connectivity index (χ1n) is 11.5. The summed E-state index contributed by atoms with van der Waals surface area (Å²) >= 11 is 0. The van der Waals surface area contributed by atoms with Crippen molar-refractivity contribution in [1.82, 2.24) is 19.3 Å². The van der Waals surface area contributed by atoms with E-state index in [4.69, 9.17) is 9.26 Å². The van der Waals surface area contributed by atoms with E-state index in [0.29, 0.717) is 29.0 Å². The molecule has 0 amide bonds. The Balaban J connectivity index is 1.57. The summed E-state index contributed by atoms with van der Waals surface area (Å²) in [5.41, 5.74) is 2.06. The molecule has 0 saturated heterocycles. The van der Waals surface area contributed by atoms with Gasteiger partial charge in [-0.25, -0.2) is 9.36 Å². The van der Waals surface area contributed by atoms with Crippen molar-refractivity contribution in [2.24, 2.45) is 0 Å². The first-order valence-corrected chi connectivity index (χ1v) is 11.5. The van der Waals surface area contributed by atoms with Gasteiger partial charge in [0.1, 0.15) is 12.3 Å². The lowest BCUT2D eigenvalue weighted by Crippen LogP contribution is -2.39. The van der Waals surface area contributed by atoms with Crippen LogP contribution in [0.25, 0.3) is 28.0 Å². The molecule has 0 aliphatic heterocycles. The van der Waals surface area contributed by atoms with Gasteiger partial charge in [0.15, 0.2) is 0 Å². The van der Waals surface area contributed by atoms with Crippen molar-refractivity contribution in [2.45, 2.75) is 26.8 Å². The maximum Gasteiger partial charge on any atom is 0.336 e. The molecule has 5 aromatic rings. The van der Waals surface area contributed by atoms with Gasteiger partial charge in [-0.1, -0.05) is 36.3 Å².